The van der Waals surface area contributed by atoms with E-state index in [1.165, 1.54) is 0 Å². The second-order valence-electron chi connectivity index (χ2n) is 6.37. The van der Waals surface area contributed by atoms with E-state index < -0.39 is 0 Å². The van der Waals surface area contributed by atoms with E-state index in [0.29, 0.717) is 18.0 Å². The molecule has 1 aromatic rings. The molecule has 1 unspecified atom stereocenters. The molecule has 0 bridgehead atoms. The molecule has 0 saturated heterocycles. The average molecular weight is 302 g/mol. The predicted octanol–water partition coefficient (Wildman–Crippen LogP) is 3.11. The highest BCUT2D eigenvalue weighted by molar-refractivity contribution is 6.02. The number of hydrogen-bond acceptors (Lipinski definition) is 3. The molecule has 1 atom stereocenters. The molecule has 1 aromatic carbocycles. The molecular weight excluding hydrogens is 278 g/mol. The molecule has 1 aliphatic heterocycles. The van der Waals surface area contributed by atoms with Crippen molar-refractivity contribution in [3.63, 3.8) is 0 Å². The van der Waals surface area contributed by atoms with Crippen molar-refractivity contribution in [2.45, 2.75) is 27.7 Å². The monoisotopic (exact) mass is 302 g/mol. The Morgan fingerprint density at radius 2 is 2.00 bits per heavy atom. The van der Waals surface area contributed by atoms with E-state index in [1.54, 1.807) is 4.90 Å². The average Bonchev–Trinajstić information content (AvgIpc) is 2.59. The number of fused-ring (bicyclic) bond motifs is 1. The normalized spacial score (nSPS) is 18.2. The van der Waals surface area contributed by atoms with Gasteiger partial charge in [-0.2, -0.15) is 0 Å². The maximum absolute atomic E-state index is 12.9. The van der Waals surface area contributed by atoms with Crippen molar-refractivity contribution < 1.29 is 14.3 Å². The van der Waals surface area contributed by atoms with Gasteiger partial charge in [-0.05, 0) is 24.5 Å². The molecule has 4 heteroatoms. The van der Waals surface area contributed by atoms with Crippen LogP contribution in [0.1, 0.15) is 27.7 Å². The molecule has 0 saturated carbocycles. The van der Waals surface area contributed by atoms with Crippen LogP contribution < -0.4 is 9.64 Å². The molecule has 0 aromatic heterocycles. The molecule has 1 aliphatic rings. The van der Waals surface area contributed by atoms with Crippen LogP contribution in [0.5, 0.6) is 5.75 Å². The number of anilines is 1. The fourth-order valence-electron chi connectivity index (χ4n) is 2.48. The molecule has 0 aliphatic carbocycles. The summed E-state index contributed by atoms with van der Waals surface area (Å²) >= 11 is 0. The molecule has 2 rings (SSSR count). The highest BCUT2D eigenvalue weighted by Gasteiger charge is 2.33. The summed E-state index contributed by atoms with van der Waals surface area (Å²) in [4.78, 5) is 26.6. The molecule has 1 radical (unpaired) electrons. The molecule has 1 amide bonds. The van der Waals surface area contributed by atoms with Gasteiger partial charge in [0.25, 0.3) is 0 Å². The first-order valence-corrected chi connectivity index (χ1v) is 7.81. The van der Waals surface area contributed by atoms with E-state index in [9.17, 15) is 9.59 Å². The summed E-state index contributed by atoms with van der Waals surface area (Å²) in [5.74, 6) is 0.499. The van der Waals surface area contributed by atoms with E-state index >= 15 is 0 Å². The molecule has 1 heterocycles. The van der Waals surface area contributed by atoms with Crippen LogP contribution in [0.3, 0.4) is 0 Å². The quantitative estimate of drug-likeness (QED) is 0.839. The minimum Gasteiger partial charge on any atom is -0.491 e. The fourth-order valence-corrected chi connectivity index (χ4v) is 2.48. The lowest BCUT2D eigenvalue weighted by atomic mass is 9.96. The van der Waals surface area contributed by atoms with Crippen LogP contribution in [0.2, 0.25) is 0 Å². The van der Waals surface area contributed by atoms with Gasteiger partial charge in [0.1, 0.15) is 12.4 Å². The summed E-state index contributed by atoms with van der Waals surface area (Å²) in [6, 6.07) is 7.40. The Hall–Kier alpha value is -1.84. The Morgan fingerprint density at radius 3 is 2.64 bits per heavy atom. The van der Waals surface area contributed by atoms with E-state index in [1.807, 2.05) is 58.4 Å². The van der Waals surface area contributed by atoms with Crippen LogP contribution in [-0.4, -0.2) is 24.8 Å². The lowest BCUT2D eigenvalue weighted by Crippen LogP contribution is -2.41. The third-order valence-electron chi connectivity index (χ3n) is 3.73. The minimum absolute atomic E-state index is 0.0494. The zero-order valence-electron chi connectivity index (χ0n) is 13.7. The lowest BCUT2D eigenvalue weighted by Gasteiger charge is -2.25. The van der Waals surface area contributed by atoms with Crippen LogP contribution in [0.15, 0.2) is 24.3 Å². The van der Waals surface area contributed by atoms with Crippen LogP contribution in [-0.2, 0) is 9.59 Å². The van der Waals surface area contributed by atoms with Crippen molar-refractivity contribution in [2.75, 3.05) is 18.1 Å². The third-order valence-corrected chi connectivity index (χ3v) is 3.73. The van der Waals surface area contributed by atoms with Crippen molar-refractivity contribution in [1.82, 2.24) is 0 Å². The zero-order chi connectivity index (χ0) is 16.3. The summed E-state index contributed by atoms with van der Waals surface area (Å²) in [5, 5.41) is 0. The Morgan fingerprint density at radius 1 is 1.32 bits per heavy atom. The van der Waals surface area contributed by atoms with Gasteiger partial charge in [0.15, 0.2) is 5.78 Å². The standard InChI is InChI=1S/C18H24NO3/c1-12(2)9-14-11-22-17-8-6-5-7-15(17)19(18(14)21)10-16(20)13(3)4/h5-9,12-14H,10-11H2,1-4H3. The number of rotatable bonds is 5. The molecule has 22 heavy (non-hydrogen) atoms. The number of nitrogens with zero attached hydrogens (tertiary/aromatic N) is 1. The van der Waals surface area contributed by atoms with Gasteiger partial charge in [-0.3, -0.25) is 9.59 Å². The molecule has 4 nitrogen and oxygen atoms in total. The largest absolute Gasteiger partial charge is 0.491 e. The lowest BCUT2D eigenvalue weighted by molar-refractivity contribution is -0.126. The van der Waals surface area contributed by atoms with Gasteiger partial charge < -0.3 is 9.64 Å². The molecular formula is C18H24NO3. The number of amides is 1. The van der Waals surface area contributed by atoms with Crippen molar-refractivity contribution in [2.24, 2.45) is 17.8 Å². The van der Waals surface area contributed by atoms with Crippen molar-refractivity contribution >= 4 is 17.4 Å². The van der Waals surface area contributed by atoms with Gasteiger partial charge in [-0.15, -0.1) is 0 Å². The Kier molecular flexibility index (Phi) is 5.22. The topological polar surface area (TPSA) is 46.6 Å². The number of benzene rings is 1. The molecule has 119 valence electrons. The number of ketones is 1. The molecule has 0 spiro atoms. The van der Waals surface area contributed by atoms with E-state index in [-0.39, 0.29) is 36.0 Å². The number of carbonyl (C=O) groups excluding carboxylic acids is 2. The van der Waals surface area contributed by atoms with Crippen molar-refractivity contribution in [3.05, 3.63) is 30.7 Å². The summed E-state index contributed by atoms with van der Waals surface area (Å²) < 4.78 is 5.80. The predicted molar refractivity (Wildman–Crippen MR) is 86.8 cm³/mol. The second kappa shape index (κ2) is 6.95. The minimum atomic E-state index is -0.327. The van der Waals surface area contributed by atoms with Gasteiger partial charge in [0.05, 0.1) is 18.2 Å². The van der Waals surface area contributed by atoms with E-state index in [2.05, 4.69) is 0 Å². The SMILES string of the molecule is CC(C)[CH]C1COc2ccccc2N(CC(=O)C(C)C)C1=O. The Bertz CT molecular complexity index is 551. The number of Topliss-reactive ketones (excluding diaryl/α,β-unsaturated/α-hetero) is 1. The van der Waals surface area contributed by atoms with Gasteiger partial charge in [0, 0.05) is 5.92 Å². The maximum Gasteiger partial charge on any atom is 0.234 e. The van der Waals surface area contributed by atoms with Gasteiger partial charge >= 0.3 is 0 Å². The first-order chi connectivity index (χ1) is 10.4. The summed E-state index contributed by atoms with van der Waals surface area (Å²) in [6.07, 6.45) is 1.99. The van der Waals surface area contributed by atoms with Crippen LogP contribution >= 0.6 is 0 Å². The highest BCUT2D eigenvalue weighted by atomic mass is 16.5. The van der Waals surface area contributed by atoms with E-state index in [4.69, 9.17) is 4.74 Å². The van der Waals surface area contributed by atoms with Crippen molar-refractivity contribution in [3.8, 4) is 5.75 Å². The molecule has 0 fully saturated rings. The summed E-state index contributed by atoms with van der Waals surface area (Å²) in [7, 11) is 0. The summed E-state index contributed by atoms with van der Waals surface area (Å²) in [5.41, 5.74) is 0.682. The fraction of sp³-hybridized carbons (Fsp3) is 0.500. The zero-order valence-corrected chi connectivity index (χ0v) is 13.7. The first kappa shape index (κ1) is 16.5. The third kappa shape index (κ3) is 3.67. The first-order valence-electron chi connectivity index (χ1n) is 7.81. The van der Waals surface area contributed by atoms with Crippen molar-refractivity contribution in [1.29, 1.82) is 0 Å². The van der Waals surface area contributed by atoms with Gasteiger partial charge in [-0.1, -0.05) is 39.8 Å². The highest BCUT2D eigenvalue weighted by Crippen LogP contribution is 2.33. The number of para-hydroxylation sites is 2. The second-order valence-corrected chi connectivity index (χ2v) is 6.37. The number of carbonyl (C=O) groups is 2. The summed E-state index contributed by atoms with van der Waals surface area (Å²) in [6.45, 7) is 8.19. The Labute approximate surface area is 132 Å². The number of ether oxygens (including phenoxy) is 1. The Balaban J connectivity index is 2.34. The smallest absolute Gasteiger partial charge is 0.234 e. The van der Waals surface area contributed by atoms with Gasteiger partial charge in [0.2, 0.25) is 5.91 Å². The van der Waals surface area contributed by atoms with Crippen LogP contribution in [0.25, 0.3) is 0 Å². The van der Waals surface area contributed by atoms with Crippen LogP contribution in [0, 0.1) is 24.2 Å². The number of hydrogen-bond donors (Lipinski definition) is 0. The van der Waals surface area contributed by atoms with E-state index in [0.717, 1.165) is 0 Å². The van der Waals surface area contributed by atoms with Crippen LogP contribution in [0.4, 0.5) is 5.69 Å². The van der Waals surface area contributed by atoms with Gasteiger partial charge in [-0.25, -0.2) is 0 Å². The maximum atomic E-state index is 12.9. The molecule has 0 N–H and O–H groups in total.